The van der Waals surface area contributed by atoms with Crippen molar-refractivity contribution in [1.29, 1.82) is 0 Å². The summed E-state index contributed by atoms with van der Waals surface area (Å²) in [6.07, 6.45) is 1.94. The average molecular weight is 272 g/mol. The van der Waals surface area contributed by atoms with Crippen LogP contribution >= 0.6 is 39.5 Å². The molecule has 0 aliphatic heterocycles. The fourth-order valence-corrected chi connectivity index (χ4v) is 2.48. The molecule has 0 fully saturated rings. The van der Waals surface area contributed by atoms with Crippen LogP contribution in [0.25, 0.3) is 10.4 Å². The summed E-state index contributed by atoms with van der Waals surface area (Å²) in [5, 5.41) is 0. The molecular formula is C9H6BrNS2. The van der Waals surface area contributed by atoms with Crippen molar-refractivity contribution in [2.24, 2.45) is 0 Å². The van der Waals surface area contributed by atoms with Crippen molar-refractivity contribution in [3.8, 4) is 10.4 Å². The van der Waals surface area contributed by atoms with Gasteiger partial charge in [0.05, 0.1) is 4.88 Å². The number of aromatic nitrogens is 1. The Hall–Kier alpha value is -0.450. The number of nitrogens with one attached hydrogen (secondary N) is 1. The number of H-pyrrole nitrogens is 1. The van der Waals surface area contributed by atoms with E-state index >= 15 is 0 Å². The van der Waals surface area contributed by atoms with Crippen LogP contribution in [0.2, 0.25) is 0 Å². The van der Waals surface area contributed by atoms with Crippen LogP contribution in [0, 0.1) is 3.95 Å². The van der Waals surface area contributed by atoms with Crippen LogP contribution in [-0.2, 0) is 0 Å². The fraction of sp³-hybridized carbons (Fsp3) is 0. The SMILES string of the molecule is S=c1[nH]cc(-c2cccc(Br)c2)s1. The third-order valence-corrected chi connectivity index (χ3v) is 3.37. The van der Waals surface area contributed by atoms with Gasteiger partial charge in [-0.05, 0) is 29.9 Å². The summed E-state index contributed by atoms with van der Waals surface area (Å²) in [6.45, 7) is 0. The van der Waals surface area contributed by atoms with E-state index in [0.717, 1.165) is 8.43 Å². The first-order valence-electron chi connectivity index (χ1n) is 3.70. The number of hydrogen-bond donors (Lipinski definition) is 1. The molecule has 2 aromatic rings. The number of rotatable bonds is 1. The van der Waals surface area contributed by atoms with E-state index in [1.807, 2.05) is 18.3 Å². The van der Waals surface area contributed by atoms with Crippen molar-refractivity contribution in [1.82, 2.24) is 4.98 Å². The molecule has 0 saturated carbocycles. The summed E-state index contributed by atoms with van der Waals surface area (Å²) in [6, 6.07) is 8.17. The van der Waals surface area contributed by atoms with E-state index < -0.39 is 0 Å². The molecule has 13 heavy (non-hydrogen) atoms. The lowest BCUT2D eigenvalue weighted by Crippen LogP contribution is -1.70. The van der Waals surface area contributed by atoms with E-state index in [0.29, 0.717) is 0 Å². The quantitative estimate of drug-likeness (QED) is 0.768. The second-order valence-electron chi connectivity index (χ2n) is 2.55. The Morgan fingerprint density at radius 1 is 1.38 bits per heavy atom. The van der Waals surface area contributed by atoms with Crippen LogP contribution < -0.4 is 0 Å². The molecule has 1 nitrogen and oxygen atoms in total. The van der Waals surface area contributed by atoms with Crippen LogP contribution in [0.1, 0.15) is 0 Å². The molecule has 0 radical (unpaired) electrons. The average Bonchev–Trinajstić information content (AvgIpc) is 2.52. The van der Waals surface area contributed by atoms with Gasteiger partial charge in [-0.25, -0.2) is 0 Å². The Kier molecular flexibility index (Phi) is 2.62. The highest BCUT2D eigenvalue weighted by Crippen LogP contribution is 2.26. The van der Waals surface area contributed by atoms with Crippen LogP contribution in [0.5, 0.6) is 0 Å². The third-order valence-electron chi connectivity index (χ3n) is 1.63. The maximum absolute atomic E-state index is 5.02. The highest BCUT2D eigenvalue weighted by molar-refractivity contribution is 9.10. The molecule has 0 atom stereocenters. The van der Waals surface area contributed by atoms with Crippen molar-refractivity contribution in [3.05, 3.63) is 38.9 Å². The molecule has 1 aromatic heterocycles. The second-order valence-corrected chi connectivity index (χ2v) is 5.19. The molecule has 0 bridgehead atoms. The molecule has 2 rings (SSSR count). The van der Waals surface area contributed by atoms with Crippen molar-refractivity contribution in [3.63, 3.8) is 0 Å². The molecule has 0 amide bonds. The highest BCUT2D eigenvalue weighted by atomic mass is 79.9. The van der Waals surface area contributed by atoms with Crippen LogP contribution in [0.4, 0.5) is 0 Å². The predicted molar refractivity (Wildman–Crippen MR) is 62.6 cm³/mol. The van der Waals surface area contributed by atoms with Gasteiger partial charge in [0.1, 0.15) is 0 Å². The Morgan fingerprint density at radius 2 is 2.23 bits per heavy atom. The molecule has 66 valence electrons. The van der Waals surface area contributed by atoms with Gasteiger partial charge >= 0.3 is 0 Å². The molecule has 1 aromatic carbocycles. The van der Waals surface area contributed by atoms with Crippen LogP contribution in [0.3, 0.4) is 0 Å². The normalized spacial score (nSPS) is 10.2. The molecule has 1 heterocycles. The number of halogens is 1. The molecular weight excluding hydrogens is 266 g/mol. The summed E-state index contributed by atoms with van der Waals surface area (Å²) in [5.74, 6) is 0. The zero-order chi connectivity index (χ0) is 9.26. The Labute approximate surface area is 93.6 Å². The minimum absolute atomic E-state index is 0.815. The van der Waals surface area contributed by atoms with E-state index in [1.165, 1.54) is 10.4 Å². The maximum atomic E-state index is 5.02. The first kappa shape index (κ1) is 9.12. The van der Waals surface area contributed by atoms with Crippen molar-refractivity contribution < 1.29 is 0 Å². The van der Waals surface area contributed by atoms with Crippen molar-refractivity contribution >= 4 is 39.5 Å². The lowest BCUT2D eigenvalue weighted by Gasteiger charge is -1.95. The Morgan fingerprint density at radius 3 is 2.85 bits per heavy atom. The minimum atomic E-state index is 0.815. The minimum Gasteiger partial charge on any atom is -0.343 e. The van der Waals surface area contributed by atoms with E-state index in [9.17, 15) is 0 Å². The molecule has 0 saturated heterocycles. The zero-order valence-electron chi connectivity index (χ0n) is 6.58. The summed E-state index contributed by atoms with van der Waals surface area (Å²) in [7, 11) is 0. The Bertz CT molecular complexity index is 472. The lowest BCUT2D eigenvalue weighted by molar-refractivity contribution is 1.40. The van der Waals surface area contributed by atoms with E-state index in [4.69, 9.17) is 12.2 Å². The van der Waals surface area contributed by atoms with Gasteiger partial charge in [-0.3, -0.25) is 0 Å². The fourth-order valence-electron chi connectivity index (χ4n) is 1.07. The molecule has 0 aliphatic rings. The van der Waals surface area contributed by atoms with Gasteiger partial charge < -0.3 is 4.98 Å². The first-order valence-corrected chi connectivity index (χ1v) is 5.72. The molecule has 0 aliphatic carbocycles. The topological polar surface area (TPSA) is 15.8 Å². The number of aromatic amines is 1. The first-order chi connectivity index (χ1) is 6.25. The van der Waals surface area contributed by atoms with E-state index in [1.54, 1.807) is 11.3 Å². The maximum Gasteiger partial charge on any atom is 0.158 e. The van der Waals surface area contributed by atoms with Crippen molar-refractivity contribution in [2.45, 2.75) is 0 Å². The standard InChI is InChI=1S/C9H6BrNS2/c10-7-3-1-2-6(4-7)8-5-11-9(12)13-8/h1-5H,(H,11,12). The van der Waals surface area contributed by atoms with Gasteiger partial charge in [-0.1, -0.05) is 28.1 Å². The van der Waals surface area contributed by atoms with Gasteiger partial charge in [0.25, 0.3) is 0 Å². The second kappa shape index (κ2) is 3.74. The smallest absolute Gasteiger partial charge is 0.158 e. The number of hydrogen-bond acceptors (Lipinski definition) is 2. The van der Waals surface area contributed by atoms with Gasteiger partial charge in [0.15, 0.2) is 3.95 Å². The summed E-state index contributed by atoms with van der Waals surface area (Å²) >= 11 is 10.0. The van der Waals surface area contributed by atoms with Gasteiger partial charge in [-0.15, -0.1) is 11.3 Å². The number of thiazole rings is 1. The van der Waals surface area contributed by atoms with Crippen LogP contribution in [0.15, 0.2) is 34.9 Å². The summed E-state index contributed by atoms with van der Waals surface area (Å²) in [5.41, 5.74) is 1.19. The molecule has 0 spiro atoms. The van der Waals surface area contributed by atoms with Gasteiger partial charge in [-0.2, -0.15) is 0 Å². The highest BCUT2D eigenvalue weighted by Gasteiger charge is 1.99. The molecule has 4 heteroatoms. The molecule has 1 N–H and O–H groups in total. The van der Waals surface area contributed by atoms with E-state index in [2.05, 4.69) is 33.0 Å². The van der Waals surface area contributed by atoms with Crippen LogP contribution in [-0.4, -0.2) is 4.98 Å². The van der Waals surface area contributed by atoms with Crippen molar-refractivity contribution in [2.75, 3.05) is 0 Å². The summed E-state index contributed by atoms with van der Waals surface area (Å²) in [4.78, 5) is 4.18. The Balaban J connectivity index is 2.52. The summed E-state index contributed by atoms with van der Waals surface area (Å²) < 4.78 is 1.90. The monoisotopic (exact) mass is 271 g/mol. The molecule has 0 unspecified atom stereocenters. The zero-order valence-corrected chi connectivity index (χ0v) is 9.80. The predicted octanol–water partition coefficient (Wildman–Crippen LogP) is 4.24. The third kappa shape index (κ3) is 2.07. The number of benzene rings is 1. The van der Waals surface area contributed by atoms with Gasteiger partial charge in [0, 0.05) is 10.7 Å². The lowest BCUT2D eigenvalue weighted by atomic mass is 10.2. The van der Waals surface area contributed by atoms with Gasteiger partial charge in [0.2, 0.25) is 0 Å². The largest absolute Gasteiger partial charge is 0.343 e. The van der Waals surface area contributed by atoms with E-state index in [-0.39, 0.29) is 0 Å².